The van der Waals surface area contributed by atoms with Crippen molar-refractivity contribution in [2.75, 3.05) is 19.3 Å². The number of amides is 1. The van der Waals surface area contributed by atoms with Crippen molar-refractivity contribution >= 4 is 11.6 Å². The predicted octanol–water partition coefficient (Wildman–Crippen LogP) is 0.822. The molecule has 0 saturated carbocycles. The van der Waals surface area contributed by atoms with Gasteiger partial charge >= 0.3 is 0 Å². The van der Waals surface area contributed by atoms with Crippen molar-refractivity contribution in [3.05, 3.63) is 11.9 Å². The Labute approximate surface area is 91.8 Å². The van der Waals surface area contributed by atoms with Gasteiger partial charge in [0.05, 0.1) is 11.9 Å². The van der Waals surface area contributed by atoms with Crippen LogP contribution < -0.4 is 5.73 Å². The van der Waals surface area contributed by atoms with E-state index >= 15 is 0 Å². The number of hydrogen-bond acceptors (Lipinski definition) is 3. The molecule has 0 aliphatic carbocycles. The normalized spacial score (nSPS) is 10.8. The third-order valence-corrected chi connectivity index (χ3v) is 2.20. The van der Waals surface area contributed by atoms with Gasteiger partial charge in [0.15, 0.2) is 0 Å². The summed E-state index contributed by atoms with van der Waals surface area (Å²) in [6.07, 6.45) is -1.36. The standard InChI is InChI=1S/C9H14F2N4O/c1-3-14(2)9(16)8-6(12)4-13-15(8)5-7(10)11/h4,7H,3,5,12H2,1-2H3. The average Bonchev–Trinajstić information content (AvgIpc) is 2.56. The van der Waals surface area contributed by atoms with Crippen molar-refractivity contribution < 1.29 is 13.6 Å². The SMILES string of the molecule is CCN(C)C(=O)c1c(N)cnn1CC(F)F. The largest absolute Gasteiger partial charge is 0.396 e. The molecule has 1 aromatic heterocycles. The minimum Gasteiger partial charge on any atom is -0.396 e. The summed E-state index contributed by atoms with van der Waals surface area (Å²) in [5, 5.41) is 3.66. The first kappa shape index (κ1) is 12.4. The molecular formula is C9H14F2N4O. The van der Waals surface area contributed by atoms with Crippen LogP contribution in [0.4, 0.5) is 14.5 Å². The van der Waals surface area contributed by atoms with Gasteiger partial charge in [0, 0.05) is 13.6 Å². The molecule has 0 atom stereocenters. The lowest BCUT2D eigenvalue weighted by molar-refractivity contribution is 0.0777. The zero-order chi connectivity index (χ0) is 12.3. The number of alkyl halides is 2. The fourth-order valence-corrected chi connectivity index (χ4v) is 1.23. The van der Waals surface area contributed by atoms with Crippen LogP contribution >= 0.6 is 0 Å². The smallest absolute Gasteiger partial charge is 0.274 e. The van der Waals surface area contributed by atoms with Crippen LogP contribution in [0, 0.1) is 0 Å². The number of aromatic nitrogens is 2. The number of halogens is 2. The summed E-state index contributed by atoms with van der Waals surface area (Å²) in [7, 11) is 1.57. The summed E-state index contributed by atoms with van der Waals surface area (Å²) in [4.78, 5) is 13.2. The van der Waals surface area contributed by atoms with E-state index in [0.717, 1.165) is 4.68 Å². The maximum atomic E-state index is 12.2. The zero-order valence-corrected chi connectivity index (χ0v) is 9.15. The number of nitrogens with zero attached hydrogens (tertiary/aromatic N) is 3. The highest BCUT2D eigenvalue weighted by Gasteiger charge is 2.21. The zero-order valence-electron chi connectivity index (χ0n) is 9.15. The molecule has 0 aliphatic heterocycles. The minimum atomic E-state index is -2.57. The lowest BCUT2D eigenvalue weighted by Crippen LogP contribution is -2.30. The highest BCUT2D eigenvalue weighted by molar-refractivity contribution is 5.97. The van der Waals surface area contributed by atoms with Crippen LogP contribution in [0.25, 0.3) is 0 Å². The fourth-order valence-electron chi connectivity index (χ4n) is 1.23. The van der Waals surface area contributed by atoms with Gasteiger partial charge in [0.25, 0.3) is 12.3 Å². The molecule has 0 unspecified atom stereocenters. The second kappa shape index (κ2) is 4.91. The first-order chi connectivity index (χ1) is 7.47. The maximum absolute atomic E-state index is 12.2. The quantitative estimate of drug-likeness (QED) is 0.836. The van der Waals surface area contributed by atoms with E-state index in [1.807, 2.05) is 0 Å². The molecule has 90 valence electrons. The molecular weight excluding hydrogens is 218 g/mol. The van der Waals surface area contributed by atoms with Crippen LogP contribution in [0.15, 0.2) is 6.20 Å². The molecule has 0 radical (unpaired) electrons. The van der Waals surface area contributed by atoms with Crippen molar-refractivity contribution in [3.8, 4) is 0 Å². The van der Waals surface area contributed by atoms with Gasteiger partial charge in [-0.1, -0.05) is 0 Å². The van der Waals surface area contributed by atoms with Crippen LogP contribution in [0.2, 0.25) is 0 Å². The van der Waals surface area contributed by atoms with Crippen molar-refractivity contribution in [3.63, 3.8) is 0 Å². The number of anilines is 1. The van der Waals surface area contributed by atoms with Gasteiger partial charge in [-0.05, 0) is 6.92 Å². The average molecular weight is 232 g/mol. The Bertz CT molecular complexity index is 378. The molecule has 0 bridgehead atoms. The van der Waals surface area contributed by atoms with Crippen molar-refractivity contribution in [1.29, 1.82) is 0 Å². The number of nitrogen functional groups attached to an aromatic ring is 1. The Morgan fingerprint density at radius 2 is 2.31 bits per heavy atom. The van der Waals surface area contributed by atoms with E-state index in [9.17, 15) is 13.6 Å². The second-order valence-corrected chi connectivity index (χ2v) is 3.34. The van der Waals surface area contributed by atoms with Crippen LogP contribution in [0.5, 0.6) is 0 Å². The van der Waals surface area contributed by atoms with E-state index in [1.165, 1.54) is 11.1 Å². The van der Waals surface area contributed by atoms with Gasteiger partial charge in [-0.3, -0.25) is 9.48 Å². The van der Waals surface area contributed by atoms with Gasteiger partial charge in [-0.2, -0.15) is 5.10 Å². The molecule has 0 spiro atoms. The van der Waals surface area contributed by atoms with Crippen molar-refractivity contribution in [2.45, 2.75) is 19.9 Å². The first-order valence-corrected chi connectivity index (χ1v) is 4.82. The highest BCUT2D eigenvalue weighted by atomic mass is 19.3. The summed E-state index contributed by atoms with van der Waals surface area (Å²) < 4.78 is 25.4. The molecule has 0 aromatic carbocycles. The number of carbonyl (C=O) groups excluding carboxylic acids is 1. The third kappa shape index (κ3) is 2.47. The topological polar surface area (TPSA) is 64.2 Å². The van der Waals surface area contributed by atoms with E-state index < -0.39 is 18.9 Å². The Balaban J connectivity index is 3.01. The fraction of sp³-hybridized carbons (Fsp3) is 0.556. The molecule has 5 nitrogen and oxygen atoms in total. The van der Waals surface area contributed by atoms with Crippen molar-refractivity contribution in [2.24, 2.45) is 0 Å². The number of hydrogen-bond donors (Lipinski definition) is 1. The van der Waals surface area contributed by atoms with Crippen LogP contribution in [-0.2, 0) is 6.54 Å². The number of carbonyl (C=O) groups is 1. The maximum Gasteiger partial charge on any atom is 0.274 e. The second-order valence-electron chi connectivity index (χ2n) is 3.34. The van der Waals surface area contributed by atoms with Crippen LogP contribution in [-0.4, -0.2) is 40.6 Å². The predicted molar refractivity (Wildman–Crippen MR) is 55.3 cm³/mol. The lowest BCUT2D eigenvalue weighted by Gasteiger charge is -2.15. The lowest BCUT2D eigenvalue weighted by atomic mass is 10.3. The van der Waals surface area contributed by atoms with E-state index in [0.29, 0.717) is 6.54 Å². The van der Waals surface area contributed by atoms with Crippen molar-refractivity contribution in [1.82, 2.24) is 14.7 Å². The monoisotopic (exact) mass is 232 g/mol. The minimum absolute atomic E-state index is 0.0182. The molecule has 2 N–H and O–H groups in total. The summed E-state index contributed by atoms with van der Waals surface area (Å²) in [6.45, 7) is 1.62. The van der Waals surface area contributed by atoms with Gasteiger partial charge in [0.2, 0.25) is 0 Å². The van der Waals surface area contributed by atoms with Crippen LogP contribution in [0.3, 0.4) is 0 Å². The van der Waals surface area contributed by atoms with Gasteiger partial charge in [0.1, 0.15) is 12.2 Å². The Hall–Kier alpha value is -1.66. The molecule has 1 aromatic rings. The highest BCUT2D eigenvalue weighted by Crippen LogP contribution is 2.14. The molecule has 1 rings (SSSR count). The van der Waals surface area contributed by atoms with E-state index in [2.05, 4.69) is 5.10 Å². The number of nitrogens with two attached hydrogens (primary N) is 1. The molecule has 0 saturated heterocycles. The Morgan fingerprint density at radius 1 is 1.69 bits per heavy atom. The third-order valence-electron chi connectivity index (χ3n) is 2.20. The summed E-state index contributed by atoms with van der Waals surface area (Å²) >= 11 is 0. The van der Waals surface area contributed by atoms with Gasteiger partial charge < -0.3 is 10.6 Å². The molecule has 0 fully saturated rings. The summed E-state index contributed by atoms with van der Waals surface area (Å²) in [6, 6.07) is 0. The first-order valence-electron chi connectivity index (χ1n) is 4.82. The Morgan fingerprint density at radius 3 is 2.81 bits per heavy atom. The summed E-state index contributed by atoms with van der Waals surface area (Å²) in [5.41, 5.74) is 5.67. The van der Waals surface area contributed by atoms with E-state index in [-0.39, 0.29) is 11.4 Å². The molecule has 7 heteroatoms. The Kier molecular flexibility index (Phi) is 3.81. The molecule has 1 heterocycles. The van der Waals surface area contributed by atoms with E-state index in [1.54, 1.807) is 14.0 Å². The van der Waals surface area contributed by atoms with E-state index in [4.69, 9.17) is 5.73 Å². The van der Waals surface area contributed by atoms with Gasteiger partial charge in [-0.15, -0.1) is 0 Å². The molecule has 0 aliphatic rings. The number of rotatable bonds is 4. The molecule has 1 amide bonds. The molecule has 16 heavy (non-hydrogen) atoms. The van der Waals surface area contributed by atoms with Crippen LogP contribution in [0.1, 0.15) is 17.4 Å². The summed E-state index contributed by atoms with van der Waals surface area (Å²) in [5.74, 6) is -0.404. The van der Waals surface area contributed by atoms with Gasteiger partial charge in [-0.25, -0.2) is 8.78 Å².